The second-order valence-corrected chi connectivity index (χ2v) is 5.03. The van der Waals surface area contributed by atoms with E-state index in [1.807, 2.05) is 0 Å². The third kappa shape index (κ3) is 4.56. The standard InChI is InChI=1S/C9H6N2O3.CH4O3S/c12-7-5-2-1-3-10-8(5)11-4-6(7)9(13)14;1-5(2,3)4/h1-4,6H,(H,13,14);1H3,(H,2,3,4). The van der Waals surface area contributed by atoms with Gasteiger partial charge in [0.25, 0.3) is 10.1 Å². The zero-order chi connectivity index (χ0) is 14.6. The first-order valence-electron chi connectivity index (χ1n) is 4.89. The number of rotatable bonds is 1. The largest absolute Gasteiger partial charge is 0.480 e. The van der Waals surface area contributed by atoms with Crippen molar-refractivity contribution < 1.29 is 27.7 Å². The van der Waals surface area contributed by atoms with Gasteiger partial charge in [-0.3, -0.25) is 14.1 Å². The minimum Gasteiger partial charge on any atom is -0.480 e. The third-order valence-corrected chi connectivity index (χ3v) is 1.95. The maximum atomic E-state index is 11.5. The molecule has 19 heavy (non-hydrogen) atoms. The van der Waals surface area contributed by atoms with Crippen molar-refractivity contribution in [1.29, 1.82) is 0 Å². The highest BCUT2D eigenvalue weighted by Crippen LogP contribution is 2.23. The first-order valence-corrected chi connectivity index (χ1v) is 6.73. The van der Waals surface area contributed by atoms with Gasteiger partial charge in [0.05, 0.1) is 11.8 Å². The van der Waals surface area contributed by atoms with Crippen LogP contribution < -0.4 is 0 Å². The summed E-state index contributed by atoms with van der Waals surface area (Å²) >= 11 is 0. The van der Waals surface area contributed by atoms with Gasteiger partial charge in [0.15, 0.2) is 17.5 Å². The van der Waals surface area contributed by atoms with Crippen LogP contribution >= 0.6 is 0 Å². The zero-order valence-electron chi connectivity index (χ0n) is 9.72. The monoisotopic (exact) mass is 286 g/mol. The van der Waals surface area contributed by atoms with Crippen LogP contribution in [0, 0.1) is 5.92 Å². The van der Waals surface area contributed by atoms with Gasteiger partial charge in [-0.1, -0.05) is 0 Å². The molecule has 8 nitrogen and oxygen atoms in total. The van der Waals surface area contributed by atoms with Crippen LogP contribution in [-0.2, 0) is 14.9 Å². The van der Waals surface area contributed by atoms with E-state index < -0.39 is 27.8 Å². The number of Topliss-reactive ketones (excluding diaryl/α,β-unsaturated/α-hetero) is 1. The normalized spacial score (nSPS) is 17.2. The van der Waals surface area contributed by atoms with Crippen molar-refractivity contribution in [2.75, 3.05) is 6.26 Å². The fourth-order valence-electron chi connectivity index (χ4n) is 1.25. The fourth-order valence-corrected chi connectivity index (χ4v) is 1.25. The molecule has 2 rings (SSSR count). The van der Waals surface area contributed by atoms with Gasteiger partial charge >= 0.3 is 5.97 Å². The van der Waals surface area contributed by atoms with E-state index in [1.165, 1.54) is 12.3 Å². The molecule has 1 aliphatic heterocycles. The third-order valence-electron chi connectivity index (χ3n) is 1.95. The Morgan fingerprint density at radius 1 is 1.42 bits per heavy atom. The lowest BCUT2D eigenvalue weighted by Gasteiger charge is -2.12. The Kier molecular flexibility index (Phi) is 4.46. The molecule has 2 heterocycles. The van der Waals surface area contributed by atoms with Gasteiger partial charge in [-0.05, 0) is 12.1 Å². The van der Waals surface area contributed by atoms with E-state index in [1.54, 1.807) is 6.07 Å². The van der Waals surface area contributed by atoms with Crippen LogP contribution in [-0.4, -0.2) is 47.3 Å². The number of aromatic nitrogens is 1. The maximum absolute atomic E-state index is 11.5. The molecule has 0 amide bonds. The molecular weight excluding hydrogens is 276 g/mol. The Balaban J connectivity index is 0.000000312. The number of carboxylic acid groups (broad SMARTS) is 1. The van der Waals surface area contributed by atoms with Crippen molar-refractivity contribution in [2.24, 2.45) is 10.9 Å². The van der Waals surface area contributed by atoms with Crippen LogP contribution in [0.5, 0.6) is 0 Å². The summed E-state index contributed by atoms with van der Waals surface area (Å²) < 4.78 is 25.9. The molecule has 0 radical (unpaired) electrons. The van der Waals surface area contributed by atoms with Crippen molar-refractivity contribution in [3.63, 3.8) is 0 Å². The topological polar surface area (TPSA) is 134 Å². The second-order valence-electron chi connectivity index (χ2n) is 3.57. The first kappa shape index (κ1) is 14.9. The summed E-state index contributed by atoms with van der Waals surface area (Å²) in [7, 11) is -3.67. The fraction of sp³-hybridized carbons (Fsp3) is 0.200. The molecule has 0 bridgehead atoms. The van der Waals surface area contributed by atoms with E-state index in [2.05, 4.69) is 9.98 Å². The van der Waals surface area contributed by atoms with Gasteiger partial charge in [-0.15, -0.1) is 0 Å². The zero-order valence-corrected chi connectivity index (χ0v) is 10.5. The number of ketones is 1. The van der Waals surface area contributed by atoms with Gasteiger partial charge in [0.1, 0.15) is 0 Å². The quantitative estimate of drug-likeness (QED) is 0.555. The number of pyridine rings is 1. The lowest BCUT2D eigenvalue weighted by atomic mass is 9.97. The van der Waals surface area contributed by atoms with Crippen molar-refractivity contribution in [3.8, 4) is 0 Å². The molecule has 1 unspecified atom stereocenters. The molecule has 0 aromatic carbocycles. The Labute approximate surface area is 108 Å². The predicted molar refractivity (Wildman–Crippen MR) is 65.3 cm³/mol. The van der Waals surface area contributed by atoms with Crippen LogP contribution in [0.25, 0.3) is 0 Å². The molecule has 0 aliphatic carbocycles. The van der Waals surface area contributed by atoms with Gasteiger partial charge in [0, 0.05) is 12.4 Å². The van der Waals surface area contributed by atoms with Gasteiger partial charge in [0.2, 0.25) is 0 Å². The molecule has 9 heteroatoms. The van der Waals surface area contributed by atoms with Crippen LogP contribution in [0.3, 0.4) is 0 Å². The first-order chi connectivity index (χ1) is 8.70. The minimum atomic E-state index is -3.67. The van der Waals surface area contributed by atoms with Crippen molar-refractivity contribution in [3.05, 3.63) is 23.9 Å². The van der Waals surface area contributed by atoms with Crippen LogP contribution in [0.4, 0.5) is 5.82 Å². The summed E-state index contributed by atoms with van der Waals surface area (Å²) in [6.45, 7) is 0. The lowest BCUT2D eigenvalue weighted by Crippen LogP contribution is -2.27. The number of hydrogen-bond donors (Lipinski definition) is 2. The second kappa shape index (κ2) is 5.67. The van der Waals surface area contributed by atoms with Crippen LogP contribution in [0.1, 0.15) is 10.4 Å². The van der Waals surface area contributed by atoms with Crippen LogP contribution in [0.15, 0.2) is 23.3 Å². The number of aliphatic imine (C=N–C) groups is 1. The van der Waals surface area contributed by atoms with Gasteiger partial charge in [-0.2, -0.15) is 8.42 Å². The lowest BCUT2D eigenvalue weighted by molar-refractivity contribution is -0.137. The smallest absolute Gasteiger partial charge is 0.319 e. The summed E-state index contributed by atoms with van der Waals surface area (Å²) in [5, 5.41) is 8.70. The Hall–Kier alpha value is -2.13. The highest BCUT2D eigenvalue weighted by molar-refractivity contribution is 7.85. The van der Waals surface area contributed by atoms with E-state index in [9.17, 15) is 18.0 Å². The number of hydrogen-bond acceptors (Lipinski definition) is 6. The summed E-state index contributed by atoms with van der Waals surface area (Å²) in [6, 6.07) is 3.10. The Morgan fingerprint density at radius 2 is 2.00 bits per heavy atom. The number of carboxylic acids is 1. The minimum absolute atomic E-state index is 0.266. The van der Waals surface area contributed by atoms with Crippen molar-refractivity contribution >= 4 is 33.9 Å². The van der Waals surface area contributed by atoms with Crippen molar-refractivity contribution in [2.45, 2.75) is 0 Å². The molecule has 0 saturated carbocycles. The summed E-state index contributed by atoms with van der Waals surface area (Å²) in [4.78, 5) is 29.8. The average Bonchev–Trinajstić information content (AvgIpc) is 2.27. The summed E-state index contributed by atoms with van der Waals surface area (Å²) in [5.74, 6) is -2.54. The molecule has 1 aromatic heterocycles. The highest BCUT2D eigenvalue weighted by atomic mass is 32.2. The van der Waals surface area contributed by atoms with Crippen LogP contribution in [0.2, 0.25) is 0 Å². The molecule has 0 saturated heterocycles. The van der Waals surface area contributed by atoms with E-state index in [0.29, 0.717) is 6.26 Å². The average molecular weight is 286 g/mol. The van der Waals surface area contributed by atoms with E-state index >= 15 is 0 Å². The summed E-state index contributed by atoms with van der Waals surface area (Å²) in [6.07, 6.45) is 3.33. The SMILES string of the molecule is CS(=O)(=O)O.O=C(O)C1C=Nc2ncccc2C1=O. The molecule has 2 N–H and O–H groups in total. The molecule has 0 fully saturated rings. The number of carbonyl (C=O) groups is 2. The number of aliphatic carboxylic acids is 1. The Bertz CT molecular complexity index is 629. The van der Waals surface area contributed by atoms with Crippen molar-refractivity contribution in [1.82, 2.24) is 4.98 Å². The predicted octanol–water partition coefficient (Wildman–Crippen LogP) is 0.185. The molecule has 0 spiro atoms. The van der Waals surface area contributed by atoms with E-state index in [0.717, 1.165) is 6.21 Å². The summed E-state index contributed by atoms with van der Waals surface area (Å²) in [5.41, 5.74) is 0.266. The molecule has 102 valence electrons. The molecule has 1 atom stereocenters. The van der Waals surface area contributed by atoms with E-state index in [-0.39, 0.29) is 11.4 Å². The Morgan fingerprint density at radius 3 is 2.53 bits per heavy atom. The van der Waals surface area contributed by atoms with E-state index in [4.69, 9.17) is 9.66 Å². The molecular formula is C10H10N2O6S. The number of fused-ring (bicyclic) bond motifs is 1. The molecule has 1 aromatic rings. The maximum Gasteiger partial charge on any atom is 0.319 e. The molecule has 1 aliphatic rings. The van der Waals surface area contributed by atoms with Gasteiger partial charge < -0.3 is 5.11 Å². The number of nitrogens with zero attached hydrogens (tertiary/aromatic N) is 2. The number of carbonyl (C=O) groups excluding carboxylic acids is 1. The highest BCUT2D eigenvalue weighted by Gasteiger charge is 2.30. The van der Waals surface area contributed by atoms with Gasteiger partial charge in [-0.25, -0.2) is 9.98 Å².